The number of hydrogen-bond acceptors (Lipinski definition) is 6. The van der Waals surface area contributed by atoms with Crippen molar-refractivity contribution >= 4 is 46.5 Å². The van der Waals surface area contributed by atoms with Gasteiger partial charge in [-0.25, -0.2) is 9.97 Å². The van der Waals surface area contributed by atoms with Crippen molar-refractivity contribution in [2.75, 3.05) is 10.6 Å². The Bertz CT molecular complexity index is 1440. The van der Waals surface area contributed by atoms with Gasteiger partial charge >= 0.3 is 0 Å². The largest absolute Gasteiger partial charge is 0.506 e. The number of aromatic nitrogens is 3. The van der Waals surface area contributed by atoms with E-state index in [0.29, 0.717) is 10.6 Å². The highest BCUT2D eigenvalue weighted by Gasteiger charge is 2.20. The molecule has 4 N–H and O–H groups in total. The van der Waals surface area contributed by atoms with Crippen LogP contribution in [0.2, 0.25) is 10.0 Å². The molecule has 2 heterocycles. The lowest BCUT2D eigenvalue weighted by Crippen LogP contribution is -2.19. The predicted molar refractivity (Wildman–Crippen MR) is 129 cm³/mol. The molecule has 2 aromatic heterocycles. The van der Waals surface area contributed by atoms with Gasteiger partial charge in [0.15, 0.2) is 0 Å². The van der Waals surface area contributed by atoms with Crippen LogP contribution in [-0.2, 0) is 0 Å². The second-order valence-electron chi connectivity index (χ2n) is 6.96. The van der Waals surface area contributed by atoms with Crippen molar-refractivity contribution in [1.82, 2.24) is 15.0 Å². The van der Waals surface area contributed by atoms with Crippen molar-refractivity contribution in [1.29, 1.82) is 0 Å². The van der Waals surface area contributed by atoms with Gasteiger partial charge in [0.25, 0.3) is 17.4 Å². The number of H-pyrrole nitrogens is 1. The number of halogens is 2. The fourth-order valence-corrected chi connectivity index (χ4v) is 3.38. The Morgan fingerprint density at radius 2 is 1.68 bits per heavy atom. The molecule has 0 aliphatic rings. The van der Waals surface area contributed by atoms with Crippen molar-refractivity contribution in [2.24, 2.45) is 0 Å². The number of rotatable bonds is 5. The molecule has 11 heteroatoms. The number of phenolic OH excluding ortho intramolecular Hbond substituents is 1. The molecule has 0 spiro atoms. The predicted octanol–water partition coefficient (Wildman–Crippen LogP) is 4.35. The summed E-state index contributed by atoms with van der Waals surface area (Å²) in [7, 11) is 0. The zero-order chi connectivity index (χ0) is 24.2. The molecule has 0 saturated heterocycles. The van der Waals surface area contributed by atoms with Gasteiger partial charge in [-0.05, 0) is 30.3 Å². The average molecular weight is 496 g/mol. The molecule has 4 aromatic rings. The lowest BCUT2D eigenvalue weighted by atomic mass is 10.1. The Hall–Kier alpha value is -4.21. The number of phenols is 1. The summed E-state index contributed by atoms with van der Waals surface area (Å²) in [5.41, 5.74) is 0.369. The molecule has 0 radical (unpaired) electrons. The van der Waals surface area contributed by atoms with Gasteiger partial charge in [0, 0.05) is 40.8 Å². The van der Waals surface area contributed by atoms with E-state index in [1.54, 1.807) is 18.2 Å². The fraction of sp³-hybridized carbons (Fsp3) is 0. The zero-order valence-electron chi connectivity index (χ0n) is 17.2. The van der Waals surface area contributed by atoms with Gasteiger partial charge in [0.2, 0.25) is 0 Å². The summed E-state index contributed by atoms with van der Waals surface area (Å²) in [6.07, 6.45) is 4.23. The van der Waals surface area contributed by atoms with Crippen LogP contribution in [-0.4, -0.2) is 31.9 Å². The molecule has 9 nitrogen and oxygen atoms in total. The number of anilines is 2. The highest BCUT2D eigenvalue weighted by atomic mass is 35.5. The first kappa shape index (κ1) is 23.0. The Morgan fingerprint density at radius 3 is 2.35 bits per heavy atom. The van der Waals surface area contributed by atoms with Crippen LogP contribution in [0.1, 0.15) is 20.7 Å². The highest BCUT2D eigenvalue weighted by Crippen LogP contribution is 2.32. The number of pyridine rings is 1. The minimum absolute atomic E-state index is 0.0771. The number of aromatic hydroxyl groups is 1. The first-order valence-electron chi connectivity index (χ1n) is 9.72. The topological polar surface area (TPSA) is 137 Å². The lowest BCUT2D eigenvalue weighted by Gasteiger charge is -2.14. The smallest absolute Gasteiger partial charge is 0.274 e. The normalized spacial score (nSPS) is 10.5. The maximum absolute atomic E-state index is 12.8. The SMILES string of the molecule is O=C(Nc1c(O)cc(Cl)cc1C(=O)Nc1ccc(Cl)cn1)c1ccc(-c2ncc[nH]c2=O)cc1. The molecule has 2 aromatic carbocycles. The van der Waals surface area contributed by atoms with Gasteiger partial charge < -0.3 is 20.7 Å². The number of nitrogens with one attached hydrogen (secondary N) is 3. The minimum Gasteiger partial charge on any atom is -0.506 e. The first-order chi connectivity index (χ1) is 16.3. The van der Waals surface area contributed by atoms with Crippen LogP contribution >= 0.6 is 23.2 Å². The Morgan fingerprint density at radius 1 is 0.912 bits per heavy atom. The van der Waals surface area contributed by atoms with E-state index in [2.05, 4.69) is 25.6 Å². The number of nitrogens with zero attached hydrogens (tertiary/aromatic N) is 2. The van der Waals surface area contributed by atoms with E-state index in [1.165, 1.54) is 48.9 Å². The Balaban J connectivity index is 1.59. The quantitative estimate of drug-likeness (QED) is 0.303. The monoisotopic (exact) mass is 495 g/mol. The molecule has 34 heavy (non-hydrogen) atoms. The van der Waals surface area contributed by atoms with Crippen LogP contribution in [0.3, 0.4) is 0 Å². The summed E-state index contributed by atoms with van der Waals surface area (Å²) in [5, 5.41) is 16.0. The van der Waals surface area contributed by atoms with Gasteiger partial charge in [-0.2, -0.15) is 0 Å². The van der Waals surface area contributed by atoms with Crippen LogP contribution in [0.15, 0.2) is 71.9 Å². The molecular formula is C23H15Cl2N5O4. The van der Waals surface area contributed by atoms with Gasteiger partial charge in [0.05, 0.1) is 16.3 Å². The highest BCUT2D eigenvalue weighted by molar-refractivity contribution is 6.32. The minimum atomic E-state index is -0.660. The molecule has 170 valence electrons. The van der Waals surface area contributed by atoms with Crippen molar-refractivity contribution in [3.05, 3.63) is 98.6 Å². The van der Waals surface area contributed by atoms with E-state index in [1.807, 2.05) is 0 Å². The number of hydrogen-bond donors (Lipinski definition) is 4. The Labute approximate surface area is 202 Å². The van der Waals surface area contributed by atoms with Gasteiger partial charge in [-0.3, -0.25) is 14.4 Å². The third-order valence-electron chi connectivity index (χ3n) is 4.66. The maximum Gasteiger partial charge on any atom is 0.274 e. The van der Waals surface area contributed by atoms with Crippen LogP contribution in [0.5, 0.6) is 5.75 Å². The molecule has 0 atom stereocenters. The summed E-state index contributed by atoms with van der Waals surface area (Å²) in [4.78, 5) is 48.1. The number of amides is 2. The second kappa shape index (κ2) is 9.74. The van der Waals surface area contributed by atoms with Crippen LogP contribution in [0, 0.1) is 0 Å². The lowest BCUT2D eigenvalue weighted by molar-refractivity contribution is 0.102. The zero-order valence-corrected chi connectivity index (χ0v) is 18.7. The molecule has 0 aliphatic heterocycles. The summed E-state index contributed by atoms with van der Waals surface area (Å²) in [6, 6.07) is 11.7. The molecule has 2 amide bonds. The van der Waals surface area contributed by atoms with E-state index in [0.717, 1.165) is 0 Å². The first-order valence-corrected chi connectivity index (χ1v) is 10.5. The third kappa shape index (κ3) is 5.06. The van der Waals surface area contributed by atoms with Crippen molar-refractivity contribution in [2.45, 2.75) is 0 Å². The van der Waals surface area contributed by atoms with E-state index in [-0.39, 0.29) is 38.9 Å². The molecule has 0 aliphatic carbocycles. The third-order valence-corrected chi connectivity index (χ3v) is 5.10. The summed E-state index contributed by atoms with van der Waals surface area (Å²) in [5.74, 6) is -1.44. The van der Waals surface area contributed by atoms with Crippen molar-refractivity contribution in [3.8, 4) is 17.0 Å². The van der Waals surface area contributed by atoms with Crippen LogP contribution in [0.4, 0.5) is 11.5 Å². The molecule has 0 fully saturated rings. The number of carbonyl (C=O) groups is 2. The van der Waals surface area contributed by atoms with Gasteiger partial charge in [-0.1, -0.05) is 35.3 Å². The molecule has 0 bridgehead atoms. The van der Waals surface area contributed by atoms with Gasteiger partial charge in [-0.15, -0.1) is 0 Å². The summed E-state index contributed by atoms with van der Waals surface area (Å²) in [6.45, 7) is 0. The van der Waals surface area contributed by atoms with Crippen molar-refractivity contribution in [3.63, 3.8) is 0 Å². The standard InChI is InChI=1S/C23H15Cl2N5O4/c24-14-5-6-18(28-11-14)29-22(33)16-9-15(25)10-17(31)20(16)30-21(32)13-3-1-12(2-4-13)19-23(34)27-8-7-26-19/h1-11,31H,(H,27,34)(H,30,32)(H,28,29,33). The molecular weight excluding hydrogens is 481 g/mol. The molecule has 4 rings (SSSR count). The summed E-state index contributed by atoms with van der Waals surface area (Å²) >= 11 is 11.8. The van der Waals surface area contributed by atoms with Crippen molar-refractivity contribution < 1.29 is 14.7 Å². The fourth-order valence-electron chi connectivity index (χ4n) is 3.06. The maximum atomic E-state index is 12.8. The Kier molecular flexibility index (Phi) is 6.58. The number of carbonyl (C=O) groups excluding carboxylic acids is 2. The molecule has 0 saturated carbocycles. The average Bonchev–Trinajstić information content (AvgIpc) is 2.82. The number of aromatic amines is 1. The number of benzene rings is 2. The summed E-state index contributed by atoms with van der Waals surface area (Å²) < 4.78 is 0. The van der Waals surface area contributed by atoms with Crippen LogP contribution < -0.4 is 16.2 Å². The van der Waals surface area contributed by atoms with E-state index < -0.39 is 17.6 Å². The van der Waals surface area contributed by atoms with Gasteiger partial charge in [0.1, 0.15) is 17.3 Å². The molecule has 0 unspecified atom stereocenters. The van der Waals surface area contributed by atoms with Crippen LogP contribution in [0.25, 0.3) is 11.3 Å². The van der Waals surface area contributed by atoms with E-state index in [9.17, 15) is 19.5 Å². The van der Waals surface area contributed by atoms with E-state index >= 15 is 0 Å². The second-order valence-corrected chi connectivity index (χ2v) is 7.83. The van der Waals surface area contributed by atoms with E-state index in [4.69, 9.17) is 23.2 Å².